The van der Waals surface area contributed by atoms with Crippen molar-refractivity contribution in [3.05, 3.63) is 24.3 Å². The van der Waals surface area contributed by atoms with Gasteiger partial charge >= 0.3 is 0 Å². The van der Waals surface area contributed by atoms with Gasteiger partial charge < -0.3 is 16.0 Å². The number of nitrogens with one attached hydrogen (secondary N) is 1. The molecular formula is C20H32N4O. The van der Waals surface area contributed by atoms with Crippen LogP contribution in [0.3, 0.4) is 0 Å². The molecule has 1 aromatic carbocycles. The smallest absolute Gasteiger partial charge is 0.241 e. The lowest BCUT2D eigenvalue weighted by Gasteiger charge is -2.36. The third-order valence-corrected chi connectivity index (χ3v) is 5.13. The summed E-state index contributed by atoms with van der Waals surface area (Å²) in [6, 6.07) is 7.69. The summed E-state index contributed by atoms with van der Waals surface area (Å²) in [7, 11) is 0. The summed E-state index contributed by atoms with van der Waals surface area (Å²) < 4.78 is 0. The highest BCUT2D eigenvalue weighted by Crippen LogP contribution is 2.30. The molecular weight excluding hydrogens is 312 g/mol. The molecule has 0 aromatic heterocycles. The SMILES string of the molecule is CC(C)C[C@H](N)C(=O)Nc1cccc(N2CCN(CC3CC3)CC2)c1. The number of anilines is 2. The molecule has 1 heterocycles. The predicted molar refractivity (Wildman–Crippen MR) is 104 cm³/mol. The molecule has 3 N–H and O–H groups in total. The maximum atomic E-state index is 12.2. The number of piperazine rings is 1. The zero-order chi connectivity index (χ0) is 17.8. The van der Waals surface area contributed by atoms with E-state index in [1.807, 2.05) is 12.1 Å². The number of nitrogens with zero attached hydrogens (tertiary/aromatic N) is 2. The first-order valence-corrected chi connectivity index (χ1v) is 9.65. The Hall–Kier alpha value is -1.59. The maximum Gasteiger partial charge on any atom is 0.241 e. The Balaban J connectivity index is 1.53. The lowest BCUT2D eigenvalue weighted by molar-refractivity contribution is -0.117. The molecule has 1 aliphatic carbocycles. The van der Waals surface area contributed by atoms with E-state index in [0.717, 1.165) is 37.8 Å². The largest absolute Gasteiger partial charge is 0.369 e. The van der Waals surface area contributed by atoms with E-state index >= 15 is 0 Å². The van der Waals surface area contributed by atoms with Gasteiger partial charge in [-0.05, 0) is 49.3 Å². The number of amides is 1. The molecule has 1 aromatic rings. The van der Waals surface area contributed by atoms with Crippen LogP contribution in [0.2, 0.25) is 0 Å². The fourth-order valence-electron chi connectivity index (χ4n) is 3.48. The van der Waals surface area contributed by atoms with Crippen molar-refractivity contribution in [3.8, 4) is 0 Å². The number of hydrogen-bond donors (Lipinski definition) is 2. The molecule has 3 rings (SSSR count). The number of carbonyl (C=O) groups excluding carboxylic acids is 1. The zero-order valence-corrected chi connectivity index (χ0v) is 15.6. The maximum absolute atomic E-state index is 12.2. The molecule has 1 atom stereocenters. The number of hydrogen-bond acceptors (Lipinski definition) is 4. The van der Waals surface area contributed by atoms with E-state index in [4.69, 9.17) is 5.73 Å². The van der Waals surface area contributed by atoms with E-state index < -0.39 is 6.04 Å². The topological polar surface area (TPSA) is 61.6 Å². The van der Waals surface area contributed by atoms with Crippen molar-refractivity contribution in [2.24, 2.45) is 17.6 Å². The fourth-order valence-corrected chi connectivity index (χ4v) is 3.48. The molecule has 2 aliphatic rings. The van der Waals surface area contributed by atoms with Gasteiger partial charge in [0.15, 0.2) is 0 Å². The minimum absolute atomic E-state index is 0.0971. The summed E-state index contributed by atoms with van der Waals surface area (Å²) in [4.78, 5) is 17.2. The molecule has 1 amide bonds. The minimum Gasteiger partial charge on any atom is -0.369 e. The second-order valence-electron chi connectivity index (χ2n) is 8.01. The summed E-state index contributed by atoms with van der Waals surface area (Å²) in [5.41, 5.74) is 8.00. The molecule has 1 saturated heterocycles. The van der Waals surface area contributed by atoms with Crippen molar-refractivity contribution >= 4 is 17.3 Å². The Labute approximate surface area is 151 Å². The van der Waals surface area contributed by atoms with Crippen LogP contribution in [0.4, 0.5) is 11.4 Å². The average molecular weight is 345 g/mol. The van der Waals surface area contributed by atoms with Crippen LogP contribution in [0.25, 0.3) is 0 Å². The van der Waals surface area contributed by atoms with E-state index in [2.05, 4.69) is 41.1 Å². The fraction of sp³-hybridized carbons (Fsp3) is 0.650. The first kappa shape index (κ1) is 18.2. The molecule has 2 fully saturated rings. The van der Waals surface area contributed by atoms with E-state index in [9.17, 15) is 4.79 Å². The van der Waals surface area contributed by atoms with Gasteiger partial charge in [0, 0.05) is 44.1 Å². The van der Waals surface area contributed by atoms with Crippen LogP contribution in [0.5, 0.6) is 0 Å². The quantitative estimate of drug-likeness (QED) is 0.798. The predicted octanol–water partition coefficient (Wildman–Crippen LogP) is 2.53. The Bertz CT molecular complexity index is 577. The van der Waals surface area contributed by atoms with Crippen LogP contribution in [0, 0.1) is 11.8 Å². The zero-order valence-electron chi connectivity index (χ0n) is 15.6. The van der Waals surface area contributed by atoms with Gasteiger partial charge in [0.05, 0.1) is 6.04 Å². The van der Waals surface area contributed by atoms with E-state index in [-0.39, 0.29) is 5.91 Å². The minimum atomic E-state index is -0.449. The van der Waals surface area contributed by atoms with Crippen molar-refractivity contribution < 1.29 is 4.79 Å². The summed E-state index contributed by atoms with van der Waals surface area (Å²) in [6.07, 6.45) is 3.54. The van der Waals surface area contributed by atoms with Crippen molar-refractivity contribution in [3.63, 3.8) is 0 Å². The van der Waals surface area contributed by atoms with Crippen molar-refractivity contribution in [1.29, 1.82) is 0 Å². The van der Waals surface area contributed by atoms with Crippen molar-refractivity contribution in [1.82, 2.24) is 4.90 Å². The standard InChI is InChI=1S/C20H32N4O/c1-15(2)12-19(21)20(25)22-17-4-3-5-18(13-17)24-10-8-23(9-11-24)14-16-6-7-16/h3-5,13,15-16,19H,6-12,14,21H2,1-2H3,(H,22,25)/t19-/m0/s1. The second-order valence-corrected chi connectivity index (χ2v) is 8.01. The normalized spacial score (nSPS) is 19.9. The molecule has 0 unspecified atom stereocenters. The van der Waals surface area contributed by atoms with Gasteiger partial charge in [0.25, 0.3) is 0 Å². The van der Waals surface area contributed by atoms with E-state index in [1.54, 1.807) is 0 Å². The molecule has 25 heavy (non-hydrogen) atoms. The first-order chi connectivity index (χ1) is 12.0. The first-order valence-electron chi connectivity index (χ1n) is 9.65. The van der Waals surface area contributed by atoms with Crippen LogP contribution in [0.1, 0.15) is 33.1 Å². The van der Waals surface area contributed by atoms with Crippen molar-refractivity contribution in [2.75, 3.05) is 42.9 Å². The Morgan fingerprint density at radius 2 is 1.96 bits per heavy atom. The number of rotatable bonds is 7. The summed E-state index contributed by atoms with van der Waals surface area (Å²) in [6.45, 7) is 9.80. The van der Waals surface area contributed by atoms with Gasteiger partial charge in [-0.1, -0.05) is 19.9 Å². The molecule has 5 nitrogen and oxygen atoms in total. The lowest BCUT2D eigenvalue weighted by Crippen LogP contribution is -2.47. The Kier molecular flexibility index (Phi) is 5.97. The van der Waals surface area contributed by atoms with Gasteiger partial charge in [0.1, 0.15) is 0 Å². The van der Waals surface area contributed by atoms with Crippen molar-refractivity contribution in [2.45, 2.75) is 39.2 Å². The summed E-state index contributed by atoms with van der Waals surface area (Å²) >= 11 is 0. The molecule has 138 valence electrons. The Morgan fingerprint density at radius 3 is 2.60 bits per heavy atom. The Morgan fingerprint density at radius 1 is 1.24 bits per heavy atom. The third kappa shape index (κ3) is 5.44. The van der Waals surface area contributed by atoms with Crippen LogP contribution in [-0.4, -0.2) is 49.6 Å². The summed E-state index contributed by atoms with van der Waals surface area (Å²) in [5, 5.41) is 2.97. The molecule has 0 spiro atoms. The molecule has 0 bridgehead atoms. The molecule has 1 saturated carbocycles. The summed E-state index contributed by atoms with van der Waals surface area (Å²) in [5.74, 6) is 1.28. The lowest BCUT2D eigenvalue weighted by atomic mass is 10.0. The van der Waals surface area contributed by atoms with E-state index in [0.29, 0.717) is 12.3 Å². The van der Waals surface area contributed by atoms with Gasteiger partial charge in [-0.2, -0.15) is 0 Å². The second kappa shape index (κ2) is 8.19. The van der Waals surface area contributed by atoms with Crippen LogP contribution in [-0.2, 0) is 4.79 Å². The highest BCUT2D eigenvalue weighted by molar-refractivity contribution is 5.95. The highest BCUT2D eigenvalue weighted by Gasteiger charge is 2.26. The van der Waals surface area contributed by atoms with Gasteiger partial charge in [-0.3, -0.25) is 9.69 Å². The monoisotopic (exact) mass is 344 g/mol. The molecule has 0 radical (unpaired) electrons. The van der Waals surface area contributed by atoms with Crippen LogP contribution in [0.15, 0.2) is 24.3 Å². The van der Waals surface area contributed by atoms with Gasteiger partial charge in [-0.15, -0.1) is 0 Å². The van der Waals surface area contributed by atoms with Gasteiger partial charge in [-0.25, -0.2) is 0 Å². The van der Waals surface area contributed by atoms with E-state index in [1.165, 1.54) is 25.1 Å². The number of carbonyl (C=O) groups is 1. The van der Waals surface area contributed by atoms with Crippen LogP contribution >= 0.6 is 0 Å². The van der Waals surface area contributed by atoms with Crippen LogP contribution < -0.4 is 16.0 Å². The third-order valence-electron chi connectivity index (χ3n) is 5.13. The average Bonchev–Trinajstić information content (AvgIpc) is 3.39. The molecule has 1 aliphatic heterocycles. The highest BCUT2D eigenvalue weighted by atomic mass is 16.2. The number of benzene rings is 1. The number of nitrogens with two attached hydrogens (primary N) is 1. The molecule has 5 heteroatoms. The van der Waals surface area contributed by atoms with Gasteiger partial charge in [0.2, 0.25) is 5.91 Å².